The van der Waals surface area contributed by atoms with Gasteiger partial charge in [-0.05, 0) is 30.2 Å². The van der Waals surface area contributed by atoms with Gasteiger partial charge in [0.1, 0.15) is 0 Å². The molecule has 0 fully saturated rings. The molecule has 2 amide bonds. The van der Waals surface area contributed by atoms with Gasteiger partial charge in [-0.1, -0.05) is 45.0 Å². The zero-order valence-electron chi connectivity index (χ0n) is 18.8. The maximum Gasteiger partial charge on any atom is 0.222 e. The van der Waals surface area contributed by atoms with E-state index in [1.54, 1.807) is 11.8 Å². The predicted molar refractivity (Wildman–Crippen MR) is 115 cm³/mol. The van der Waals surface area contributed by atoms with Gasteiger partial charge in [0.05, 0.1) is 0 Å². The number of carbonyl (C=O) groups is 2. The summed E-state index contributed by atoms with van der Waals surface area (Å²) in [6.45, 7) is 10.7. The van der Waals surface area contributed by atoms with Gasteiger partial charge in [0, 0.05) is 39.0 Å². The topological polar surface area (TPSA) is 101 Å². The SMILES string of the molecule is CC(=O)NCC(C)(C)CC(C)CC(=O)N(C)Cc1ccc(-c2nnc(C)nn2)cc1. The number of hydrogen-bond acceptors (Lipinski definition) is 6. The molecule has 0 spiro atoms. The molecule has 0 aliphatic carbocycles. The average molecular weight is 413 g/mol. The molecule has 2 aromatic rings. The second-order valence-electron chi connectivity index (χ2n) is 8.80. The minimum atomic E-state index is -0.0540. The van der Waals surface area contributed by atoms with Gasteiger partial charge in [0.2, 0.25) is 17.6 Å². The first-order valence-corrected chi connectivity index (χ1v) is 10.2. The molecule has 0 saturated heterocycles. The summed E-state index contributed by atoms with van der Waals surface area (Å²) in [5.74, 6) is 1.32. The summed E-state index contributed by atoms with van der Waals surface area (Å²) >= 11 is 0. The number of aromatic nitrogens is 4. The number of carbonyl (C=O) groups excluding carboxylic acids is 2. The molecule has 1 aromatic carbocycles. The van der Waals surface area contributed by atoms with Crippen molar-refractivity contribution in [3.8, 4) is 11.4 Å². The Hall–Kier alpha value is -2.90. The number of amides is 2. The number of benzene rings is 1. The molecule has 0 bridgehead atoms. The van der Waals surface area contributed by atoms with Crippen LogP contribution in [0.3, 0.4) is 0 Å². The Labute approximate surface area is 178 Å². The first-order valence-electron chi connectivity index (χ1n) is 10.2. The highest BCUT2D eigenvalue weighted by atomic mass is 16.2. The van der Waals surface area contributed by atoms with Crippen LogP contribution in [0.25, 0.3) is 11.4 Å². The van der Waals surface area contributed by atoms with Crippen LogP contribution in [0.4, 0.5) is 0 Å². The van der Waals surface area contributed by atoms with Crippen molar-refractivity contribution in [2.24, 2.45) is 11.3 Å². The normalized spacial score (nSPS) is 12.3. The van der Waals surface area contributed by atoms with E-state index in [4.69, 9.17) is 0 Å². The van der Waals surface area contributed by atoms with E-state index in [0.717, 1.165) is 17.5 Å². The Bertz CT molecular complexity index is 849. The smallest absolute Gasteiger partial charge is 0.222 e. The van der Waals surface area contributed by atoms with Crippen LogP contribution < -0.4 is 5.32 Å². The lowest BCUT2D eigenvalue weighted by Crippen LogP contribution is -2.34. The lowest BCUT2D eigenvalue weighted by molar-refractivity contribution is -0.131. The highest BCUT2D eigenvalue weighted by Gasteiger charge is 2.24. The third-order valence-corrected chi connectivity index (χ3v) is 4.88. The second-order valence-corrected chi connectivity index (χ2v) is 8.80. The molecular weight excluding hydrogens is 380 g/mol. The standard InChI is InChI=1S/C22H32N6O2/c1-15(12-22(4,5)14-23-17(3)29)11-20(30)28(6)13-18-7-9-19(10-8-18)21-26-24-16(2)25-27-21/h7-10,15H,11-14H2,1-6H3,(H,23,29). The average Bonchev–Trinajstić information content (AvgIpc) is 2.67. The Morgan fingerprint density at radius 1 is 1.10 bits per heavy atom. The molecule has 0 aliphatic rings. The second kappa shape index (κ2) is 10.2. The van der Waals surface area contributed by atoms with E-state index < -0.39 is 0 Å². The quantitative estimate of drug-likeness (QED) is 0.680. The third kappa shape index (κ3) is 7.50. The van der Waals surface area contributed by atoms with Gasteiger partial charge in [0.15, 0.2) is 5.82 Å². The molecule has 1 heterocycles. The van der Waals surface area contributed by atoms with Crippen molar-refractivity contribution < 1.29 is 9.59 Å². The third-order valence-electron chi connectivity index (χ3n) is 4.88. The maximum absolute atomic E-state index is 12.6. The van der Waals surface area contributed by atoms with Gasteiger partial charge >= 0.3 is 0 Å². The summed E-state index contributed by atoms with van der Waals surface area (Å²) in [5.41, 5.74) is 1.81. The van der Waals surface area contributed by atoms with E-state index >= 15 is 0 Å². The van der Waals surface area contributed by atoms with Crippen molar-refractivity contribution in [3.63, 3.8) is 0 Å². The molecule has 1 aromatic heterocycles. The number of aryl methyl sites for hydroxylation is 1. The van der Waals surface area contributed by atoms with Gasteiger partial charge in [-0.2, -0.15) is 0 Å². The summed E-state index contributed by atoms with van der Waals surface area (Å²) in [6, 6.07) is 7.74. The van der Waals surface area contributed by atoms with Crippen LogP contribution in [0.5, 0.6) is 0 Å². The van der Waals surface area contributed by atoms with Crippen LogP contribution in [0, 0.1) is 18.3 Å². The van der Waals surface area contributed by atoms with Crippen molar-refractivity contribution in [1.82, 2.24) is 30.6 Å². The summed E-state index contributed by atoms with van der Waals surface area (Å²) in [7, 11) is 1.82. The molecule has 1 N–H and O–H groups in total. The fraction of sp³-hybridized carbons (Fsp3) is 0.545. The van der Waals surface area contributed by atoms with Crippen molar-refractivity contribution >= 4 is 11.8 Å². The number of hydrogen-bond donors (Lipinski definition) is 1. The molecule has 8 nitrogen and oxygen atoms in total. The Kier molecular flexibility index (Phi) is 7.97. The van der Waals surface area contributed by atoms with Crippen LogP contribution in [-0.4, -0.2) is 50.7 Å². The van der Waals surface area contributed by atoms with Gasteiger partial charge in [0.25, 0.3) is 0 Å². The minimum Gasteiger partial charge on any atom is -0.356 e. The van der Waals surface area contributed by atoms with Crippen molar-refractivity contribution in [1.29, 1.82) is 0 Å². The van der Waals surface area contributed by atoms with E-state index in [1.807, 2.05) is 31.3 Å². The van der Waals surface area contributed by atoms with Gasteiger partial charge in [-0.3, -0.25) is 9.59 Å². The van der Waals surface area contributed by atoms with Crippen LogP contribution in [0.1, 0.15) is 51.9 Å². The minimum absolute atomic E-state index is 0.0287. The number of rotatable bonds is 9. The fourth-order valence-electron chi connectivity index (χ4n) is 3.42. The summed E-state index contributed by atoms with van der Waals surface area (Å²) in [5, 5.41) is 18.8. The molecule has 0 radical (unpaired) electrons. The zero-order chi connectivity index (χ0) is 22.3. The highest BCUT2D eigenvalue weighted by Crippen LogP contribution is 2.27. The Morgan fingerprint density at radius 3 is 2.27 bits per heavy atom. The molecule has 8 heteroatoms. The largest absolute Gasteiger partial charge is 0.356 e. The zero-order valence-corrected chi connectivity index (χ0v) is 18.8. The molecule has 30 heavy (non-hydrogen) atoms. The Balaban J connectivity index is 1.87. The first-order chi connectivity index (χ1) is 14.1. The van der Waals surface area contributed by atoms with Crippen molar-refractivity contribution in [2.45, 2.75) is 54.0 Å². The summed E-state index contributed by atoms with van der Waals surface area (Å²) in [4.78, 5) is 25.5. The van der Waals surface area contributed by atoms with Gasteiger partial charge < -0.3 is 10.2 Å². The Morgan fingerprint density at radius 2 is 1.70 bits per heavy atom. The lowest BCUT2D eigenvalue weighted by Gasteiger charge is -2.29. The molecule has 162 valence electrons. The van der Waals surface area contributed by atoms with Crippen LogP contribution in [0.2, 0.25) is 0 Å². The van der Waals surface area contributed by atoms with Crippen molar-refractivity contribution in [2.75, 3.05) is 13.6 Å². The molecule has 0 saturated carbocycles. The predicted octanol–water partition coefficient (Wildman–Crippen LogP) is 2.78. The molecule has 0 aliphatic heterocycles. The van der Waals surface area contributed by atoms with Gasteiger partial charge in [-0.25, -0.2) is 0 Å². The van der Waals surface area contributed by atoms with Crippen LogP contribution in [-0.2, 0) is 16.1 Å². The molecule has 1 unspecified atom stereocenters. The van der Waals surface area contributed by atoms with Crippen LogP contribution in [0.15, 0.2) is 24.3 Å². The first kappa shape index (κ1) is 23.4. The van der Waals surface area contributed by atoms with Crippen molar-refractivity contribution in [3.05, 3.63) is 35.7 Å². The van der Waals surface area contributed by atoms with E-state index in [9.17, 15) is 9.59 Å². The fourth-order valence-corrected chi connectivity index (χ4v) is 3.42. The van der Waals surface area contributed by atoms with E-state index in [2.05, 4.69) is 46.5 Å². The van der Waals surface area contributed by atoms with E-state index in [-0.39, 0.29) is 23.1 Å². The van der Waals surface area contributed by atoms with E-state index in [0.29, 0.717) is 31.2 Å². The molecule has 1 atom stereocenters. The molecular formula is C22H32N6O2. The summed E-state index contributed by atoms with van der Waals surface area (Å²) < 4.78 is 0. The monoisotopic (exact) mass is 412 g/mol. The number of nitrogens with one attached hydrogen (secondary N) is 1. The summed E-state index contributed by atoms with van der Waals surface area (Å²) in [6.07, 6.45) is 1.34. The number of nitrogens with zero attached hydrogens (tertiary/aromatic N) is 5. The van der Waals surface area contributed by atoms with Gasteiger partial charge in [-0.15, -0.1) is 20.4 Å². The van der Waals surface area contributed by atoms with Crippen LogP contribution >= 0.6 is 0 Å². The lowest BCUT2D eigenvalue weighted by atomic mass is 9.82. The molecule has 2 rings (SSSR count). The highest BCUT2D eigenvalue weighted by molar-refractivity contribution is 5.76. The van der Waals surface area contributed by atoms with E-state index in [1.165, 1.54) is 6.92 Å². The maximum atomic E-state index is 12.6.